The van der Waals surface area contributed by atoms with Crippen molar-refractivity contribution in [3.05, 3.63) is 42.0 Å². The molecule has 0 radical (unpaired) electrons. The molecule has 3 rings (SSSR count). The number of allylic oxidation sites excluding steroid dienone is 2. The average Bonchev–Trinajstić information content (AvgIpc) is 2.81. The van der Waals surface area contributed by atoms with Crippen LogP contribution >= 0.6 is 0 Å². The molecule has 0 N–H and O–H groups in total. The van der Waals surface area contributed by atoms with E-state index in [0.717, 1.165) is 48.0 Å². The molecule has 0 spiro atoms. The third-order valence-corrected chi connectivity index (χ3v) is 7.41. The van der Waals surface area contributed by atoms with Gasteiger partial charge in [0, 0.05) is 5.56 Å². The largest absolute Gasteiger partial charge is 0.494 e. The molecule has 0 heterocycles. The molecule has 1 nitrogen and oxygen atoms in total. The summed E-state index contributed by atoms with van der Waals surface area (Å²) in [6, 6.07) is 8.12. The van der Waals surface area contributed by atoms with Gasteiger partial charge < -0.3 is 4.74 Å². The first-order valence-electron chi connectivity index (χ1n) is 12.7. The van der Waals surface area contributed by atoms with E-state index in [1.165, 1.54) is 70.6 Å². The van der Waals surface area contributed by atoms with Gasteiger partial charge in [0.15, 0.2) is 0 Å². The number of benzene rings is 1. The molecule has 0 atom stereocenters. The van der Waals surface area contributed by atoms with Crippen molar-refractivity contribution in [3.63, 3.8) is 0 Å². The van der Waals surface area contributed by atoms with Crippen molar-refractivity contribution in [3.8, 4) is 17.6 Å². The molecule has 0 unspecified atom stereocenters. The van der Waals surface area contributed by atoms with E-state index < -0.39 is 0 Å². The molecule has 164 valence electrons. The van der Waals surface area contributed by atoms with E-state index in [4.69, 9.17) is 4.74 Å². The summed E-state index contributed by atoms with van der Waals surface area (Å²) in [4.78, 5) is 0. The normalized spacial score (nSPS) is 26.9. The standard InChI is InChI=1S/C29H42O/c1-3-23-30-29-21-19-26(20-22-29)8-6-5-7-25-13-15-28(16-14-25)18-17-27-11-9-24(4-2)10-12-27/h5,7,19-22,24-25,27-28H,3-4,9-18,23H2,1-2H3/b7-5+. The van der Waals surface area contributed by atoms with Crippen molar-refractivity contribution < 1.29 is 4.74 Å². The fourth-order valence-electron chi connectivity index (χ4n) is 5.23. The van der Waals surface area contributed by atoms with Gasteiger partial charge in [-0.1, -0.05) is 76.7 Å². The number of ether oxygens (including phenoxy) is 1. The van der Waals surface area contributed by atoms with Crippen LogP contribution in [-0.4, -0.2) is 6.61 Å². The molecule has 1 aromatic rings. The Kier molecular flexibility index (Phi) is 9.88. The fourth-order valence-corrected chi connectivity index (χ4v) is 5.23. The zero-order valence-corrected chi connectivity index (χ0v) is 19.4. The highest BCUT2D eigenvalue weighted by atomic mass is 16.5. The van der Waals surface area contributed by atoms with Gasteiger partial charge in [-0.3, -0.25) is 0 Å². The second-order valence-electron chi connectivity index (χ2n) is 9.65. The van der Waals surface area contributed by atoms with Crippen molar-refractivity contribution in [2.24, 2.45) is 23.7 Å². The molecule has 1 heteroatoms. The van der Waals surface area contributed by atoms with E-state index in [1.807, 2.05) is 24.3 Å². The van der Waals surface area contributed by atoms with Crippen LogP contribution in [0.4, 0.5) is 0 Å². The minimum atomic E-state index is 0.736. The van der Waals surface area contributed by atoms with E-state index in [9.17, 15) is 0 Å². The van der Waals surface area contributed by atoms with Gasteiger partial charge >= 0.3 is 0 Å². The van der Waals surface area contributed by atoms with E-state index in [0.29, 0.717) is 0 Å². The Labute approximate surface area is 185 Å². The topological polar surface area (TPSA) is 9.23 Å². The van der Waals surface area contributed by atoms with Crippen LogP contribution < -0.4 is 4.74 Å². The summed E-state index contributed by atoms with van der Waals surface area (Å²) >= 11 is 0. The monoisotopic (exact) mass is 406 g/mol. The van der Waals surface area contributed by atoms with Crippen LogP contribution in [0.15, 0.2) is 36.4 Å². The molecule has 2 saturated carbocycles. The Morgan fingerprint density at radius 3 is 2.03 bits per heavy atom. The van der Waals surface area contributed by atoms with Crippen molar-refractivity contribution in [2.75, 3.05) is 6.61 Å². The van der Waals surface area contributed by atoms with Gasteiger partial charge in [-0.25, -0.2) is 0 Å². The molecule has 0 amide bonds. The Morgan fingerprint density at radius 2 is 1.43 bits per heavy atom. The molecular formula is C29H42O. The van der Waals surface area contributed by atoms with E-state index in [-0.39, 0.29) is 0 Å². The second-order valence-corrected chi connectivity index (χ2v) is 9.65. The zero-order valence-electron chi connectivity index (χ0n) is 19.4. The lowest BCUT2D eigenvalue weighted by Crippen LogP contribution is -2.17. The van der Waals surface area contributed by atoms with Gasteiger partial charge in [-0.2, -0.15) is 0 Å². The van der Waals surface area contributed by atoms with Gasteiger partial charge in [-0.15, -0.1) is 0 Å². The Hall–Kier alpha value is -1.68. The highest BCUT2D eigenvalue weighted by molar-refractivity contribution is 5.40. The van der Waals surface area contributed by atoms with Crippen molar-refractivity contribution in [1.29, 1.82) is 0 Å². The van der Waals surface area contributed by atoms with Gasteiger partial charge in [0.05, 0.1) is 6.61 Å². The summed E-state index contributed by atoms with van der Waals surface area (Å²) in [5.74, 6) is 11.2. The molecule has 0 bridgehead atoms. The predicted octanol–water partition coefficient (Wildman–Crippen LogP) is 8.19. The Bertz CT molecular complexity index is 673. The minimum absolute atomic E-state index is 0.736. The van der Waals surface area contributed by atoms with Crippen molar-refractivity contribution >= 4 is 0 Å². The lowest BCUT2D eigenvalue weighted by atomic mass is 9.75. The van der Waals surface area contributed by atoms with Crippen LogP contribution in [-0.2, 0) is 0 Å². The van der Waals surface area contributed by atoms with E-state index in [1.54, 1.807) is 0 Å². The van der Waals surface area contributed by atoms with Gasteiger partial charge in [0.25, 0.3) is 0 Å². The first-order chi connectivity index (χ1) is 14.8. The SMILES string of the molecule is CCCOc1ccc(C#C/C=C/C2CCC(CCC3CCC(CC)CC3)CC2)cc1. The van der Waals surface area contributed by atoms with Crippen LogP contribution in [0.3, 0.4) is 0 Å². The maximum Gasteiger partial charge on any atom is 0.119 e. The molecule has 2 aliphatic rings. The lowest BCUT2D eigenvalue weighted by molar-refractivity contribution is 0.224. The molecule has 0 saturated heterocycles. The summed E-state index contributed by atoms with van der Waals surface area (Å²) in [6.07, 6.45) is 21.4. The molecule has 30 heavy (non-hydrogen) atoms. The smallest absolute Gasteiger partial charge is 0.119 e. The van der Waals surface area contributed by atoms with E-state index in [2.05, 4.69) is 37.8 Å². The second kappa shape index (κ2) is 12.9. The van der Waals surface area contributed by atoms with Gasteiger partial charge in [0.2, 0.25) is 0 Å². The first kappa shape index (κ1) is 23.0. The van der Waals surface area contributed by atoms with Crippen LogP contribution in [0, 0.1) is 35.5 Å². The number of hydrogen-bond donors (Lipinski definition) is 0. The summed E-state index contributed by atoms with van der Waals surface area (Å²) in [6.45, 7) is 5.26. The molecular weight excluding hydrogens is 364 g/mol. The molecule has 1 aromatic carbocycles. The van der Waals surface area contributed by atoms with Gasteiger partial charge in [0.1, 0.15) is 5.75 Å². The molecule has 0 aliphatic heterocycles. The highest BCUT2D eigenvalue weighted by Gasteiger charge is 2.23. The van der Waals surface area contributed by atoms with Crippen molar-refractivity contribution in [2.45, 2.75) is 90.9 Å². The number of hydrogen-bond acceptors (Lipinski definition) is 1. The summed E-state index contributed by atoms with van der Waals surface area (Å²) in [7, 11) is 0. The molecule has 2 aliphatic carbocycles. The Morgan fingerprint density at radius 1 is 0.833 bits per heavy atom. The van der Waals surface area contributed by atoms with Crippen LogP contribution in [0.5, 0.6) is 5.75 Å². The van der Waals surface area contributed by atoms with Gasteiger partial charge in [-0.05, 0) is 86.1 Å². The van der Waals surface area contributed by atoms with Crippen molar-refractivity contribution in [1.82, 2.24) is 0 Å². The highest BCUT2D eigenvalue weighted by Crippen LogP contribution is 2.37. The summed E-state index contributed by atoms with van der Waals surface area (Å²) in [5, 5.41) is 0. The van der Waals surface area contributed by atoms with Crippen LogP contribution in [0.2, 0.25) is 0 Å². The predicted molar refractivity (Wildman–Crippen MR) is 129 cm³/mol. The maximum absolute atomic E-state index is 5.62. The third kappa shape index (κ3) is 7.86. The van der Waals surface area contributed by atoms with Crippen LogP contribution in [0.1, 0.15) is 96.5 Å². The maximum atomic E-state index is 5.62. The lowest BCUT2D eigenvalue weighted by Gasteiger charge is -2.31. The number of rotatable bonds is 8. The summed E-state index contributed by atoms with van der Waals surface area (Å²) < 4.78 is 5.62. The minimum Gasteiger partial charge on any atom is -0.494 e. The van der Waals surface area contributed by atoms with Crippen LogP contribution in [0.25, 0.3) is 0 Å². The zero-order chi connectivity index (χ0) is 21.0. The average molecular weight is 407 g/mol. The fraction of sp³-hybridized carbons (Fsp3) is 0.655. The van der Waals surface area contributed by atoms with E-state index >= 15 is 0 Å². The summed E-state index contributed by atoms with van der Waals surface area (Å²) in [5.41, 5.74) is 1.06. The third-order valence-electron chi connectivity index (χ3n) is 7.41. The molecule has 0 aromatic heterocycles. The first-order valence-corrected chi connectivity index (χ1v) is 12.7. The molecule has 2 fully saturated rings. The quantitative estimate of drug-likeness (QED) is 0.395. The Balaban J connectivity index is 1.32.